The van der Waals surface area contributed by atoms with Gasteiger partial charge in [-0.25, -0.2) is 4.98 Å². The zero-order chi connectivity index (χ0) is 31.0. The number of nitrogens with two attached hydrogens (primary N) is 1. The molecule has 0 aliphatic rings. The second kappa shape index (κ2) is 18.6. The molecule has 0 aliphatic heterocycles. The van der Waals surface area contributed by atoms with Crippen LogP contribution in [-0.4, -0.2) is 74.9 Å². The fourth-order valence-corrected chi connectivity index (χ4v) is 5.71. The van der Waals surface area contributed by atoms with Crippen LogP contribution < -0.4 is 11.3 Å². The molecule has 14 heteroatoms. The van der Waals surface area contributed by atoms with Gasteiger partial charge >= 0.3 is 0 Å². The molecule has 0 radical (unpaired) electrons. The SMILES string of the molecule is CSCCOP(COCCn1cnc2c(=O)[nH]c(N)nc21)OCCSC(=O)c1ccc(C)cc1.Cc1ccc(C=O)cc1. The van der Waals surface area contributed by atoms with Gasteiger partial charge in [0.05, 0.1) is 26.1 Å². The number of thioether (sulfide) groups is 2. The smallest absolute Gasteiger partial charge is 0.280 e. The molecule has 0 saturated carbocycles. The van der Waals surface area contributed by atoms with E-state index in [1.807, 2.05) is 68.6 Å². The Hall–Kier alpha value is -3.06. The Balaban J connectivity index is 0.000000480. The van der Waals surface area contributed by atoms with E-state index < -0.39 is 8.38 Å². The number of aromatic amines is 1. The number of nitrogen functional groups attached to an aromatic ring is 1. The highest BCUT2D eigenvalue weighted by molar-refractivity contribution is 8.14. The fourth-order valence-electron chi connectivity index (χ4n) is 3.46. The molecule has 2 heterocycles. The molecule has 0 amide bonds. The van der Waals surface area contributed by atoms with E-state index >= 15 is 0 Å². The number of aldehydes is 1. The molecule has 2 aromatic carbocycles. The molecule has 0 saturated heterocycles. The molecule has 43 heavy (non-hydrogen) atoms. The molecule has 0 fully saturated rings. The predicted molar refractivity (Wildman–Crippen MR) is 175 cm³/mol. The molecule has 0 spiro atoms. The van der Waals surface area contributed by atoms with Crippen LogP contribution in [-0.2, 0) is 20.3 Å². The third kappa shape index (κ3) is 11.9. The van der Waals surface area contributed by atoms with Crippen LogP contribution in [0.1, 0.15) is 31.8 Å². The lowest BCUT2D eigenvalue weighted by Crippen LogP contribution is -2.13. The zero-order valence-electron chi connectivity index (χ0n) is 24.4. The summed E-state index contributed by atoms with van der Waals surface area (Å²) in [5, 5.41) is 0.0214. The molecule has 11 nitrogen and oxygen atoms in total. The molecule has 4 aromatic rings. The van der Waals surface area contributed by atoms with Crippen molar-refractivity contribution in [3.63, 3.8) is 0 Å². The summed E-state index contributed by atoms with van der Waals surface area (Å²) in [5.74, 6) is 1.42. The Morgan fingerprint density at radius 1 is 1.02 bits per heavy atom. The fraction of sp³-hybridized carbons (Fsp3) is 0.345. The molecular weight excluding hydrogens is 609 g/mol. The maximum absolute atomic E-state index is 12.3. The zero-order valence-corrected chi connectivity index (χ0v) is 26.9. The van der Waals surface area contributed by atoms with Crippen LogP contribution >= 0.6 is 31.9 Å². The maximum atomic E-state index is 12.3. The van der Waals surface area contributed by atoms with Gasteiger partial charge in [0.15, 0.2) is 19.5 Å². The average Bonchev–Trinajstić information content (AvgIpc) is 3.41. The topological polar surface area (TPSA) is 151 Å². The number of ether oxygens (including phenoxy) is 1. The Morgan fingerprint density at radius 3 is 2.33 bits per heavy atom. The normalized spacial score (nSPS) is 11.6. The summed E-state index contributed by atoms with van der Waals surface area (Å²) in [7, 11) is -1.25. The van der Waals surface area contributed by atoms with Gasteiger partial charge in [-0.2, -0.15) is 16.7 Å². The van der Waals surface area contributed by atoms with Crippen molar-refractivity contribution in [1.82, 2.24) is 19.5 Å². The summed E-state index contributed by atoms with van der Waals surface area (Å²) >= 11 is 2.92. The minimum Gasteiger partial charge on any atom is -0.370 e. The number of anilines is 1. The Kier molecular flexibility index (Phi) is 14.9. The van der Waals surface area contributed by atoms with Gasteiger partial charge in [-0.1, -0.05) is 71.4 Å². The predicted octanol–water partition coefficient (Wildman–Crippen LogP) is 5.07. The van der Waals surface area contributed by atoms with E-state index in [4.69, 9.17) is 19.5 Å². The number of H-pyrrole nitrogens is 1. The molecule has 0 bridgehead atoms. The minimum atomic E-state index is -1.25. The number of nitrogens with zero attached hydrogens (tertiary/aromatic N) is 3. The van der Waals surface area contributed by atoms with Crippen LogP contribution in [0.2, 0.25) is 0 Å². The summed E-state index contributed by atoms with van der Waals surface area (Å²) in [6, 6.07) is 15.0. The Morgan fingerprint density at radius 2 is 1.67 bits per heavy atom. The highest BCUT2D eigenvalue weighted by Crippen LogP contribution is 2.38. The lowest BCUT2D eigenvalue weighted by molar-refractivity contribution is 0.108. The van der Waals surface area contributed by atoms with Crippen LogP contribution in [0.15, 0.2) is 59.7 Å². The molecule has 1 unspecified atom stereocenters. The number of rotatable bonds is 15. The van der Waals surface area contributed by atoms with Gasteiger partial charge in [-0.05, 0) is 20.1 Å². The van der Waals surface area contributed by atoms with Crippen molar-refractivity contribution in [2.75, 3.05) is 49.7 Å². The monoisotopic (exact) mass is 645 g/mol. The molecule has 1 atom stereocenters. The second-order valence-corrected chi connectivity index (χ2v) is 12.6. The first kappa shape index (κ1) is 34.4. The molecule has 230 valence electrons. The van der Waals surface area contributed by atoms with Gasteiger partial charge in [0, 0.05) is 29.2 Å². The van der Waals surface area contributed by atoms with Gasteiger partial charge < -0.3 is 24.1 Å². The lowest BCUT2D eigenvalue weighted by Gasteiger charge is -2.17. The van der Waals surface area contributed by atoms with Crippen molar-refractivity contribution in [2.24, 2.45) is 0 Å². The molecule has 2 aromatic heterocycles. The molecule has 0 aliphatic carbocycles. The number of imidazole rings is 1. The van der Waals surface area contributed by atoms with Gasteiger partial charge in [-0.15, -0.1) is 0 Å². The standard InChI is InChI=1S/C21H28N5O5PS2.C8H8O/c1-15-3-5-16(6-4-15)20(28)34-12-10-31-32(30-9-11-33-2)14-29-8-7-26-13-23-17-18(26)24-21(22)25-19(17)27;1-7-2-4-8(6-9)5-3-7/h3-6,13H,7-12,14H2,1-2H3,(H3,22,24,25,27);2-6H,1H3. The van der Waals surface area contributed by atoms with E-state index in [1.165, 1.54) is 23.7 Å². The number of fused-ring (bicyclic) bond motifs is 1. The highest BCUT2D eigenvalue weighted by atomic mass is 32.2. The second-order valence-electron chi connectivity index (χ2n) is 9.12. The van der Waals surface area contributed by atoms with Gasteiger partial charge in [0.1, 0.15) is 12.6 Å². The van der Waals surface area contributed by atoms with Crippen LogP contribution in [0.25, 0.3) is 11.2 Å². The van der Waals surface area contributed by atoms with E-state index in [9.17, 15) is 14.4 Å². The molecule has 4 rings (SSSR count). The quantitative estimate of drug-likeness (QED) is 0.101. The summed E-state index contributed by atoms with van der Waals surface area (Å²) in [6.45, 7) is 5.73. The number of hydrogen-bond donors (Lipinski definition) is 2. The van der Waals surface area contributed by atoms with E-state index in [1.54, 1.807) is 16.3 Å². The number of aryl methyl sites for hydroxylation is 2. The Bertz CT molecular complexity index is 1500. The maximum Gasteiger partial charge on any atom is 0.280 e. The summed E-state index contributed by atoms with van der Waals surface area (Å²) in [4.78, 5) is 44.9. The van der Waals surface area contributed by atoms with Crippen molar-refractivity contribution in [3.8, 4) is 0 Å². The number of carbonyl (C=O) groups excluding carboxylic acids is 2. The van der Waals surface area contributed by atoms with Gasteiger partial charge in [0.2, 0.25) is 11.1 Å². The van der Waals surface area contributed by atoms with Crippen molar-refractivity contribution in [1.29, 1.82) is 0 Å². The van der Waals surface area contributed by atoms with E-state index in [0.717, 1.165) is 23.2 Å². The van der Waals surface area contributed by atoms with Crippen molar-refractivity contribution >= 4 is 60.4 Å². The summed E-state index contributed by atoms with van der Waals surface area (Å²) in [5.41, 5.74) is 9.62. The number of benzene rings is 2. The first-order valence-electron chi connectivity index (χ1n) is 13.4. The summed E-state index contributed by atoms with van der Waals surface area (Å²) < 4.78 is 19.2. The van der Waals surface area contributed by atoms with Crippen molar-refractivity contribution < 1.29 is 23.4 Å². The third-order valence-corrected chi connectivity index (χ3v) is 8.52. The average molecular weight is 646 g/mol. The summed E-state index contributed by atoms with van der Waals surface area (Å²) in [6.07, 6.45) is 4.69. The number of aromatic nitrogens is 4. The van der Waals surface area contributed by atoms with Crippen LogP contribution in [0.5, 0.6) is 0 Å². The van der Waals surface area contributed by atoms with Gasteiger partial charge in [-0.3, -0.25) is 19.4 Å². The minimum absolute atomic E-state index is 0.0214. The molecular formula is C29H36N5O6PS2. The van der Waals surface area contributed by atoms with Crippen LogP contribution in [0.4, 0.5) is 5.95 Å². The largest absolute Gasteiger partial charge is 0.370 e. The Labute approximate surface area is 260 Å². The van der Waals surface area contributed by atoms with E-state index in [0.29, 0.717) is 49.7 Å². The van der Waals surface area contributed by atoms with Crippen LogP contribution in [0, 0.1) is 13.8 Å². The number of carbonyl (C=O) groups is 2. The van der Waals surface area contributed by atoms with E-state index in [2.05, 4.69) is 15.0 Å². The number of hydrogen-bond acceptors (Lipinski definition) is 11. The highest BCUT2D eigenvalue weighted by Gasteiger charge is 2.14. The van der Waals surface area contributed by atoms with Crippen molar-refractivity contribution in [3.05, 3.63) is 87.5 Å². The van der Waals surface area contributed by atoms with Crippen LogP contribution in [0.3, 0.4) is 0 Å². The van der Waals surface area contributed by atoms with Gasteiger partial charge in [0.25, 0.3) is 5.56 Å². The first-order chi connectivity index (χ1) is 20.8. The lowest BCUT2D eigenvalue weighted by atomic mass is 10.2. The molecule has 3 N–H and O–H groups in total. The number of nitrogens with one attached hydrogen (secondary N) is 1. The first-order valence-corrected chi connectivity index (χ1v) is 17.1. The van der Waals surface area contributed by atoms with E-state index in [-0.39, 0.29) is 22.1 Å². The van der Waals surface area contributed by atoms with Crippen molar-refractivity contribution in [2.45, 2.75) is 20.4 Å². The third-order valence-electron chi connectivity index (χ3n) is 5.74.